The van der Waals surface area contributed by atoms with Crippen molar-refractivity contribution >= 4 is 10.0 Å². The summed E-state index contributed by atoms with van der Waals surface area (Å²) in [6.07, 6.45) is -0.463. The van der Waals surface area contributed by atoms with E-state index >= 15 is 0 Å². The number of benzene rings is 1. The van der Waals surface area contributed by atoms with E-state index in [4.69, 9.17) is 14.2 Å². The number of β-amino-alcohol motifs (C(OH)–C–C–N with tert-alkyl or cyclic N) is 1. The standard InChI is InChI=1S/C19H31N3O6S/c1-26-17-3-4-18(27-2)19(13-17)29(24,25)22-7-5-20(6-8-22)14-16(23)15-21-9-11-28-12-10-21/h3-4,13,16,23H,5-12,14-15H2,1-2H3/t16-/m0/s1. The molecule has 0 unspecified atom stereocenters. The van der Waals surface area contributed by atoms with Crippen LogP contribution in [0.25, 0.3) is 0 Å². The minimum absolute atomic E-state index is 0.111. The normalized spacial score (nSPS) is 21.1. The number of piperazine rings is 1. The molecule has 2 saturated heterocycles. The molecule has 2 aliphatic heterocycles. The molecule has 1 aromatic carbocycles. The molecule has 1 N–H and O–H groups in total. The molecular formula is C19H31N3O6S. The summed E-state index contributed by atoms with van der Waals surface area (Å²) in [5.41, 5.74) is 0. The molecule has 3 rings (SSSR count). The van der Waals surface area contributed by atoms with E-state index in [0.29, 0.717) is 64.0 Å². The third-order valence-corrected chi connectivity index (χ3v) is 7.28. The van der Waals surface area contributed by atoms with Crippen LogP contribution in [0.4, 0.5) is 0 Å². The molecule has 0 bridgehead atoms. The second kappa shape index (κ2) is 10.1. The summed E-state index contributed by atoms with van der Waals surface area (Å²) >= 11 is 0. The van der Waals surface area contributed by atoms with Gasteiger partial charge in [-0.1, -0.05) is 0 Å². The van der Waals surface area contributed by atoms with Crippen LogP contribution in [0.5, 0.6) is 11.5 Å². The first kappa shape index (κ1) is 22.3. The van der Waals surface area contributed by atoms with Gasteiger partial charge in [-0.05, 0) is 12.1 Å². The van der Waals surface area contributed by atoms with E-state index < -0.39 is 16.1 Å². The van der Waals surface area contributed by atoms with Crippen LogP contribution in [0.1, 0.15) is 0 Å². The topological polar surface area (TPSA) is 91.8 Å². The number of morpholine rings is 1. The number of aliphatic hydroxyl groups is 1. The van der Waals surface area contributed by atoms with Gasteiger partial charge in [-0.15, -0.1) is 0 Å². The second-order valence-electron chi connectivity index (χ2n) is 7.29. The first-order valence-corrected chi connectivity index (χ1v) is 11.3. The van der Waals surface area contributed by atoms with E-state index in [1.165, 1.54) is 24.6 Å². The molecule has 0 saturated carbocycles. The Labute approximate surface area is 172 Å². The Hall–Kier alpha value is -1.43. The zero-order valence-corrected chi connectivity index (χ0v) is 17.9. The Morgan fingerprint density at radius 2 is 1.62 bits per heavy atom. The molecular weight excluding hydrogens is 398 g/mol. The molecule has 1 aromatic rings. The lowest BCUT2D eigenvalue weighted by molar-refractivity contribution is 0.00469. The van der Waals surface area contributed by atoms with Gasteiger partial charge in [0.15, 0.2) is 0 Å². The lowest BCUT2D eigenvalue weighted by atomic mass is 10.2. The van der Waals surface area contributed by atoms with Gasteiger partial charge in [0.2, 0.25) is 10.0 Å². The molecule has 164 valence electrons. The lowest BCUT2D eigenvalue weighted by Gasteiger charge is -2.36. The van der Waals surface area contributed by atoms with E-state index in [9.17, 15) is 13.5 Å². The van der Waals surface area contributed by atoms with Gasteiger partial charge >= 0.3 is 0 Å². The van der Waals surface area contributed by atoms with Crippen LogP contribution in [0, 0.1) is 0 Å². The maximum atomic E-state index is 13.1. The van der Waals surface area contributed by atoms with E-state index in [1.807, 2.05) is 0 Å². The number of sulfonamides is 1. The number of methoxy groups -OCH3 is 2. The SMILES string of the molecule is COc1ccc(OC)c(S(=O)(=O)N2CCN(C[C@H](O)CN3CCOCC3)CC2)c1. The van der Waals surface area contributed by atoms with Gasteiger partial charge in [0.25, 0.3) is 0 Å². The van der Waals surface area contributed by atoms with Crippen molar-refractivity contribution in [3.05, 3.63) is 18.2 Å². The van der Waals surface area contributed by atoms with Gasteiger partial charge in [0.05, 0.1) is 33.5 Å². The summed E-state index contributed by atoms with van der Waals surface area (Å²) in [7, 11) is -0.743. The predicted molar refractivity (Wildman–Crippen MR) is 108 cm³/mol. The number of hydrogen-bond donors (Lipinski definition) is 1. The summed E-state index contributed by atoms with van der Waals surface area (Å²) < 4.78 is 43.5. The third-order valence-electron chi connectivity index (χ3n) is 5.36. The zero-order valence-electron chi connectivity index (χ0n) is 17.1. The van der Waals surface area contributed by atoms with E-state index in [2.05, 4.69) is 9.80 Å². The van der Waals surface area contributed by atoms with Crippen LogP contribution in [0.2, 0.25) is 0 Å². The van der Waals surface area contributed by atoms with Gasteiger partial charge < -0.3 is 19.3 Å². The fourth-order valence-corrected chi connectivity index (χ4v) is 5.31. The quantitative estimate of drug-likeness (QED) is 0.603. The number of rotatable bonds is 8. The van der Waals surface area contributed by atoms with Crippen molar-refractivity contribution in [3.8, 4) is 11.5 Å². The van der Waals surface area contributed by atoms with Crippen LogP contribution in [0.3, 0.4) is 0 Å². The highest BCUT2D eigenvalue weighted by Gasteiger charge is 2.32. The Morgan fingerprint density at radius 1 is 1.00 bits per heavy atom. The molecule has 2 aliphatic rings. The fourth-order valence-electron chi connectivity index (χ4n) is 3.71. The Morgan fingerprint density at radius 3 is 2.21 bits per heavy atom. The minimum atomic E-state index is -3.69. The van der Waals surface area contributed by atoms with Crippen LogP contribution in [0.15, 0.2) is 23.1 Å². The van der Waals surface area contributed by atoms with Gasteiger partial charge in [-0.2, -0.15) is 4.31 Å². The average molecular weight is 430 g/mol. The molecule has 0 amide bonds. The molecule has 1 atom stereocenters. The molecule has 2 fully saturated rings. The van der Waals surface area contributed by atoms with Crippen molar-refractivity contribution in [1.29, 1.82) is 0 Å². The third kappa shape index (κ3) is 5.59. The number of ether oxygens (including phenoxy) is 3. The maximum Gasteiger partial charge on any atom is 0.246 e. The number of nitrogens with zero attached hydrogens (tertiary/aromatic N) is 3. The second-order valence-corrected chi connectivity index (χ2v) is 9.19. The Kier molecular flexibility index (Phi) is 7.72. The zero-order chi connectivity index (χ0) is 20.9. The van der Waals surface area contributed by atoms with Gasteiger partial charge in [0.1, 0.15) is 16.4 Å². The van der Waals surface area contributed by atoms with Crippen molar-refractivity contribution in [2.45, 2.75) is 11.0 Å². The number of aliphatic hydroxyl groups excluding tert-OH is 1. The van der Waals surface area contributed by atoms with Crippen molar-refractivity contribution in [3.63, 3.8) is 0 Å². The Balaban J connectivity index is 1.57. The molecule has 0 radical (unpaired) electrons. The number of hydrogen-bond acceptors (Lipinski definition) is 8. The van der Waals surface area contributed by atoms with Crippen molar-refractivity contribution in [2.75, 3.05) is 79.8 Å². The predicted octanol–water partition coefficient (Wildman–Crippen LogP) is -0.297. The summed E-state index contributed by atoms with van der Waals surface area (Å²) in [6, 6.07) is 4.77. The van der Waals surface area contributed by atoms with E-state index in [-0.39, 0.29) is 4.90 Å². The van der Waals surface area contributed by atoms with E-state index in [1.54, 1.807) is 12.1 Å². The molecule has 29 heavy (non-hydrogen) atoms. The van der Waals surface area contributed by atoms with E-state index in [0.717, 1.165) is 13.1 Å². The largest absolute Gasteiger partial charge is 0.497 e. The summed E-state index contributed by atoms with van der Waals surface area (Å²) in [6.45, 7) is 6.12. The minimum Gasteiger partial charge on any atom is -0.497 e. The van der Waals surface area contributed by atoms with Crippen molar-refractivity contribution in [2.24, 2.45) is 0 Å². The molecule has 10 heteroatoms. The molecule has 0 aromatic heterocycles. The molecule has 9 nitrogen and oxygen atoms in total. The van der Waals surface area contributed by atoms with Crippen LogP contribution >= 0.6 is 0 Å². The highest BCUT2D eigenvalue weighted by Crippen LogP contribution is 2.31. The first-order valence-electron chi connectivity index (χ1n) is 9.86. The maximum absolute atomic E-state index is 13.1. The van der Waals surface area contributed by atoms with Crippen LogP contribution in [-0.2, 0) is 14.8 Å². The molecule has 2 heterocycles. The van der Waals surface area contributed by atoms with Gasteiger partial charge in [-0.25, -0.2) is 8.42 Å². The van der Waals surface area contributed by atoms with Gasteiger partial charge in [-0.3, -0.25) is 9.80 Å². The summed E-state index contributed by atoms with van der Waals surface area (Å²) in [4.78, 5) is 4.42. The Bertz CT molecular complexity index is 761. The monoisotopic (exact) mass is 429 g/mol. The van der Waals surface area contributed by atoms with Crippen LogP contribution < -0.4 is 9.47 Å². The lowest BCUT2D eigenvalue weighted by Crippen LogP contribution is -2.52. The van der Waals surface area contributed by atoms with Crippen molar-refractivity contribution < 1.29 is 27.7 Å². The average Bonchev–Trinajstić information content (AvgIpc) is 2.74. The molecule has 0 aliphatic carbocycles. The fraction of sp³-hybridized carbons (Fsp3) is 0.684. The highest BCUT2D eigenvalue weighted by molar-refractivity contribution is 7.89. The first-order chi connectivity index (χ1) is 13.9. The van der Waals surface area contributed by atoms with Gasteiger partial charge in [0, 0.05) is 58.4 Å². The molecule has 0 spiro atoms. The summed E-state index contributed by atoms with van der Waals surface area (Å²) in [5, 5.41) is 10.4. The smallest absolute Gasteiger partial charge is 0.246 e. The summed E-state index contributed by atoms with van der Waals surface area (Å²) in [5.74, 6) is 0.767. The van der Waals surface area contributed by atoms with Crippen LogP contribution in [-0.4, -0.2) is 114 Å². The van der Waals surface area contributed by atoms with Crippen molar-refractivity contribution in [1.82, 2.24) is 14.1 Å². The highest BCUT2D eigenvalue weighted by atomic mass is 32.2.